The average Bonchev–Trinajstić information content (AvgIpc) is 3.18. The Kier molecular flexibility index (Phi) is 5.37. The van der Waals surface area contributed by atoms with Gasteiger partial charge in [-0.25, -0.2) is 14.3 Å². The van der Waals surface area contributed by atoms with Crippen molar-refractivity contribution < 1.29 is 9.53 Å². The van der Waals surface area contributed by atoms with Crippen LogP contribution in [0.3, 0.4) is 0 Å². The Balaban J connectivity index is 1.78. The molecule has 27 heavy (non-hydrogen) atoms. The largest absolute Gasteiger partial charge is 0.444 e. The van der Waals surface area contributed by atoms with Crippen LogP contribution in [-0.2, 0) is 11.3 Å². The van der Waals surface area contributed by atoms with Gasteiger partial charge in [-0.2, -0.15) is 5.26 Å². The molecule has 0 aliphatic carbocycles. The van der Waals surface area contributed by atoms with Gasteiger partial charge in [0, 0.05) is 18.3 Å². The first-order chi connectivity index (χ1) is 13.0. The van der Waals surface area contributed by atoms with E-state index < -0.39 is 6.09 Å². The molecule has 0 saturated heterocycles. The maximum Gasteiger partial charge on any atom is 0.419 e. The smallest absolute Gasteiger partial charge is 0.419 e. The van der Waals surface area contributed by atoms with E-state index in [-0.39, 0.29) is 12.5 Å². The zero-order valence-corrected chi connectivity index (χ0v) is 15.6. The molecular formula is C22H21N3O2. The molecule has 3 rings (SSSR count). The van der Waals surface area contributed by atoms with Gasteiger partial charge < -0.3 is 4.74 Å². The van der Waals surface area contributed by atoms with Crippen molar-refractivity contribution in [2.24, 2.45) is 0 Å². The quantitative estimate of drug-likeness (QED) is 0.676. The van der Waals surface area contributed by atoms with Crippen LogP contribution in [0.5, 0.6) is 0 Å². The predicted octanol–water partition coefficient (Wildman–Crippen LogP) is 4.71. The van der Waals surface area contributed by atoms with Crippen molar-refractivity contribution in [2.45, 2.75) is 33.3 Å². The molecule has 0 unspecified atom stereocenters. The van der Waals surface area contributed by atoms with Gasteiger partial charge in [0.25, 0.3) is 0 Å². The predicted molar refractivity (Wildman–Crippen MR) is 102 cm³/mol. The average molecular weight is 359 g/mol. The summed E-state index contributed by atoms with van der Waals surface area (Å²) in [5, 5.41) is 8.97. The number of hydrogen-bond donors (Lipinski definition) is 0. The molecule has 5 nitrogen and oxygen atoms in total. The van der Waals surface area contributed by atoms with E-state index in [0.29, 0.717) is 11.4 Å². The number of rotatable bonds is 4. The van der Waals surface area contributed by atoms with Crippen molar-refractivity contribution in [1.82, 2.24) is 9.55 Å². The summed E-state index contributed by atoms with van der Waals surface area (Å²) < 4.78 is 6.87. The minimum absolute atomic E-state index is 0.0469. The summed E-state index contributed by atoms with van der Waals surface area (Å²) in [5.74, 6) is 0.592. The van der Waals surface area contributed by atoms with Crippen molar-refractivity contribution in [3.8, 4) is 6.07 Å². The molecule has 0 N–H and O–H groups in total. The van der Waals surface area contributed by atoms with Gasteiger partial charge in [0.05, 0.1) is 11.6 Å². The summed E-state index contributed by atoms with van der Waals surface area (Å²) in [4.78, 5) is 17.0. The Morgan fingerprint density at radius 1 is 1.26 bits per heavy atom. The van der Waals surface area contributed by atoms with E-state index in [2.05, 4.69) is 37.0 Å². The van der Waals surface area contributed by atoms with E-state index in [0.717, 1.165) is 11.1 Å². The number of hydrogen-bond acceptors (Lipinski definition) is 4. The summed E-state index contributed by atoms with van der Waals surface area (Å²) >= 11 is 0. The van der Waals surface area contributed by atoms with Gasteiger partial charge >= 0.3 is 6.09 Å². The molecule has 0 aliphatic rings. The van der Waals surface area contributed by atoms with Crippen molar-refractivity contribution >= 4 is 6.09 Å². The Labute approximate surface area is 158 Å². The summed E-state index contributed by atoms with van der Waals surface area (Å²) in [5.41, 5.74) is 4.85. The molecule has 0 radical (unpaired) electrons. The zero-order chi connectivity index (χ0) is 19.4. The summed E-state index contributed by atoms with van der Waals surface area (Å²) in [7, 11) is 0. The molecule has 0 saturated carbocycles. The minimum atomic E-state index is -0.484. The minimum Gasteiger partial charge on any atom is -0.444 e. The van der Waals surface area contributed by atoms with Crippen LogP contribution in [-0.4, -0.2) is 15.6 Å². The number of imidazole rings is 1. The topological polar surface area (TPSA) is 67.9 Å². The van der Waals surface area contributed by atoms with Crippen molar-refractivity contribution in [2.75, 3.05) is 0 Å². The van der Waals surface area contributed by atoms with E-state index in [1.165, 1.54) is 15.7 Å². The Hall–Kier alpha value is -3.39. The summed E-state index contributed by atoms with van der Waals surface area (Å²) in [6.07, 6.45) is 2.74. The number of nitrogens with zero attached hydrogens (tertiary/aromatic N) is 3. The first-order valence-corrected chi connectivity index (χ1v) is 8.76. The van der Waals surface area contributed by atoms with Crippen molar-refractivity contribution in [1.29, 1.82) is 5.26 Å². The molecular weight excluding hydrogens is 338 g/mol. The van der Waals surface area contributed by atoms with E-state index in [9.17, 15) is 4.79 Å². The number of benzene rings is 2. The van der Waals surface area contributed by atoms with E-state index in [1.807, 2.05) is 19.1 Å². The van der Waals surface area contributed by atoms with Crippen LogP contribution < -0.4 is 0 Å². The molecule has 0 spiro atoms. The SMILES string of the molecule is Cc1cccc([C@H](C)c2nccn2C(=O)OCc2cccc(C#N)c2)c1C. The van der Waals surface area contributed by atoms with Crippen LogP contribution in [0.15, 0.2) is 54.9 Å². The number of ether oxygens (including phenoxy) is 1. The molecule has 0 fully saturated rings. The van der Waals surface area contributed by atoms with Crippen LogP contribution in [0.4, 0.5) is 4.79 Å². The fourth-order valence-electron chi connectivity index (χ4n) is 3.12. The third-order valence-electron chi connectivity index (χ3n) is 4.78. The highest BCUT2D eigenvalue weighted by Gasteiger charge is 2.20. The van der Waals surface area contributed by atoms with Crippen LogP contribution in [0.1, 0.15) is 46.5 Å². The monoisotopic (exact) mass is 359 g/mol. The number of carbonyl (C=O) groups is 1. The number of carbonyl (C=O) groups excluding carboxylic acids is 1. The van der Waals surface area contributed by atoms with Gasteiger partial charge in [0.1, 0.15) is 12.4 Å². The van der Waals surface area contributed by atoms with Gasteiger partial charge in [-0.15, -0.1) is 0 Å². The van der Waals surface area contributed by atoms with E-state index in [1.54, 1.807) is 30.6 Å². The lowest BCUT2D eigenvalue weighted by Crippen LogP contribution is -2.18. The van der Waals surface area contributed by atoms with Gasteiger partial charge in [0.2, 0.25) is 0 Å². The first-order valence-electron chi connectivity index (χ1n) is 8.76. The normalized spacial score (nSPS) is 11.6. The van der Waals surface area contributed by atoms with Crippen LogP contribution in [0.2, 0.25) is 0 Å². The van der Waals surface area contributed by atoms with Crippen molar-refractivity contribution in [3.05, 3.63) is 88.5 Å². The third-order valence-corrected chi connectivity index (χ3v) is 4.78. The summed E-state index contributed by atoms with van der Waals surface area (Å²) in [6, 6.07) is 15.2. The molecule has 136 valence electrons. The van der Waals surface area contributed by atoms with Crippen LogP contribution in [0.25, 0.3) is 0 Å². The third kappa shape index (κ3) is 3.90. The second-order valence-corrected chi connectivity index (χ2v) is 6.53. The molecule has 1 heterocycles. The highest BCUT2D eigenvalue weighted by molar-refractivity contribution is 5.71. The lowest BCUT2D eigenvalue weighted by Gasteiger charge is -2.17. The molecule has 0 aliphatic heterocycles. The number of nitriles is 1. The maximum absolute atomic E-state index is 12.6. The molecule has 5 heteroatoms. The van der Waals surface area contributed by atoms with E-state index in [4.69, 9.17) is 10.00 Å². The highest BCUT2D eigenvalue weighted by Crippen LogP contribution is 2.27. The van der Waals surface area contributed by atoms with Crippen LogP contribution >= 0.6 is 0 Å². The molecule has 1 atom stereocenters. The molecule has 2 aromatic carbocycles. The molecule has 3 aromatic rings. The lowest BCUT2D eigenvalue weighted by atomic mass is 9.93. The second-order valence-electron chi connectivity index (χ2n) is 6.53. The molecule has 0 amide bonds. The Bertz CT molecular complexity index is 1010. The van der Waals surface area contributed by atoms with Gasteiger partial charge in [-0.3, -0.25) is 0 Å². The lowest BCUT2D eigenvalue weighted by molar-refractivity contribution is 0.140. The molecule has 0 bridgehead atoms. The standard InChI is InChI=1S/C22H21N3O2/c1-15-6-4-9-20(16(15)2)17(3)21-24-10-11-25(21)22(26)27-14-19-8-5-7-18(12-19)13-23/h4-12,17H,14H2,1-3H3/t17-/m0/s1. The maximum atomic E-state index is 12.6. The van der Waals surface area contributed by atoms with E-state index >= 15 is 0 Å². The highest BCUT2D eigenvalue weighted by atomic mass is 16.5. The van der Waals surface area contributed by atoms with Crippen molar-refractivity contribution in [3.63, 3.8) is 0 Å². The zero-order valence-electron chi connectivity index (χ0n) is 15.6. The first kappa shape index (κ1) is 18.4. The molecule has 1 aromatic heterocycles. The number of aryl methyl sites for hydroxylation is 1. The van der Waals surface area contributed by atoms with Crippen LogP contribution in [0, 0.1) is 25.2 Å². The number of aromatic nitrogens is 2. The second kappa shape index (κ2) is 7.88. The van der Waals surface area contributed by atoms with Gasteiger partial charge in [0.15, 0.2) is 0 Å². The fourth-order valence-corrected chi connectivity index (χ4v) is 3.12. The van der Waals surface area contributed by atoms with Gasteiger partial charge in [-0.1, -0.05) is 37.3 Å². The summed E-state index contributed by atoms with van der Waals surface area (Å²) in [6.45, 7) is 6.28. The Morgan fingerprint density at radius 3 is 2.81 bits per heavy atom. The van der Waals surface area contributed by atoms with Gasteiger partial charge in [-0.05, 0) is 48.2 Å². The fraction of sp³-hybridized carbons (Fsp3) is 0.227. The Morgan fingerprint density at radius 2 is 2.04 bits per heavy atom.